The number of fused-ring (bicyclic) bond motifs is 1. The number of nitrogens with zero attached hydrogens (tertiary/aromatic N) is 3. The smallest absolute Gasteiger partial charge is 0.186 e. The van der Waals surface area contributed by atoms with E-state index in [9.17, 15) is 0 Å². The van der Waals surface area contributed by atoms with E-state index in [2.05, 4.69) is 66.1 Å². The number of hydrogen-bond donors (Lipinski definition) is 0. The van der Waals surface area contributed by atoms with Gasteiger partial charge in [-0.05, 0) is 49.2 Å². The van der Waals surface area contributed by atoms with Crippen LogP contribution in [-0.4, -0.2) is 31.2 Å². The Kier molecular flexibility index (Phi) is 3.69. The van der Waals surface area contributed by atoms with Crippen LogP contribution >= 0.6 is 11.3 Å². The summed E-state index contributed by atoms with van der Waals surface area (Å²) in [7, 11) is 0. The van der Waals surface area contributed by atoms with E-state index in [-0.39, 0.29) is 0 Å². The molecule has 3 aromatic rings. The van der Waals surface area contributed by atoms with Gasteiger partial charge in [-0.3, -0.25) is 0 Å². The molecule has 0 aliphatic carbocycles. The van der Waals surface area contributed by atoms with Crippen LogP contribution in [-0.2, 0) is 0 Å². The summed E-state index contributed by atoms with van der Waals surface area (Å²) in [6.07, 6.45) is 0. The zero-order valence-electron chi connectivity index (χ0n) is 13.6. The van der Waals surface area contributed by atoms with Crippen LogP contribution in [0.4, 0.5) is 10.8 Å². The number of hydrogen-bond acceptors (Lipinski definition) is 4. The van der Waals surface area contributed by atoms with Gasteiger partial charge in [0.05, 0.1) is 10.2 Å². The molecule has 2 heterocycles. The second kappa shape index (κ2) is 5.85. The molecule has 0 spiro atoms. The van der Waals surface area contributed by atoms with E-state index in [4.69, 9.17) is 4.98 Å². The second-order valence-electron chi connectivity index (χ2n) is 6.28. The molecule has 3 nitrogen and oxygen atoms in total. The maximum atomic E-state index is 4.82. The molecule has 4 heteroatoms. The Hall–Kier alpha value is -2.07. The molecule has 0 radical (unpaired) electrons. The van der Waals surface area contributed by atoms with Gasteiger partial charge in [0.15, 0.2) is 5.13 Å². The van der Waals surface area contributed by atoms with Gasteiger partial charge in [0.1, 0.15) is 0 Å². The minimum Gasteiger partial charge on any atom is -0.368 e. The Morgan fingerprint density at radius 1 is 0.870 bits per heavy atom. The highest BCUT2D eigenvalue weighted by atomic mass is 32.1. The van der Waals surface area contributed by atoms with Crippen molar-refractivity contribution >= 4 is 32.4 Å². The minimum absolute atomic E-state index is 1.03. The normalized spacial score (nSPS) is 15.4. The molecule has 0 atom stereocenters. The van der Waals surface area contributed by atoms with Gasteiger partial charge in [0.25, 0.3) is 0 Å². The van der Waals surface area contributed by atoms with Gasteiger partial charge in [0.2, 0.25) is 0 Å². The lowest BCUT2D eigenvalue weighted by atomic mass is 10.2. The van der Waals surface area contributed by atoms with Crippen LogP contribution in [0.1, 0.15) is 11.1 Å². The van der Waals surface area contributed by atoms with Gasteiger partial charge in [-0.25, -0.2) is 4.98 Å². The third-order valence-electron chi connectivity index (χ3n) is 4.45. The Labute approximate surface area is 141 Å². The van der Waals surface area contributed by atoms with E-state index in [1.54, 1.807) is 0 Å². The third kappa shape index (κ3) is 2.91. The highest BCUT2D eigenvalue weighted by molar-refractivity contribution is 7.22. The van der Waals surface area contributed by atoms with Gasteiger partial charge in [-0.2, -0.15) is 0 Å². The third-order valence-corrected chi connectivity index (χ3v) is 5.53. The van der Waals surface area contributed by atoms with Crippen LogP contribution < -0.4 is 9.80 Å². The predicted molar refractivity (Wildman–Crippen MR) is 100.0 cm³/mol. The quantitative estimate of drug-likeness (QED) is 0.703. The molecule has 0 saturated carbocycles. The van der Waals surface area contributed by atoms with Crippen LogP contribution in [0.25, 0.3) is 10.2 Å². The van der Waals surface area contributed by atoms with Gasteiger partial charge < -0.3 is 9.80 Å². The predicted octanol–water partition coefficient (Wildman–Crippen LogP) is 4.24. The van der Waals surface area contributed by atoms with E-state index in [0.29, 0.717) is 0 Å². The molecule has 0 N–H and O–H groups in total. The lowest BCUT2D eigenvalue weighted by Gasteiger charge is -2.36. The van der Waals surface area contributed by atoms with Crippen molar-refractivity contribution in [2.75, 3.05) is 36.0 Å². The minimum atomic E-state index is 1.03. The summed E-state index contributed by atoms with van der Waals surface area (Å²) in [4.78, 5) is 9.71. The van der Waals surface area contributed by atoms with E-state index < -0.39 is 0 Å². The first-order valence-corrected chi connectivity index (χ1v) is 8.94. The monoisotopic (exact) mass is 323 g/mol. The van der Waals surface area contributed by atoms with Crippen LogP contribution in [0, 0.1) is 13.8 Å². The van der Waals surface area contributed by atoms with Gasteiger partial charge >= 0.3 is 0 Å². The van der Waals surface area contributed by atoms with Crippen molar-refractivity contribution in [3.8, 4) is 0 Å². The number of thiazole rings is 1. The van der Waals surface area contributed by atoms with Crippen molar-refractivity contribution in [2.45, 2.75) is 13.8 Å². The SMILES string of the molecule is Cc1cccc(N2CCN(c3nc4ccc(C)cc4s3)CC2)c1. The Bertz CT molecular complexity index is 832. The van der Waals surface area contributed by atoms with Crippen LogP contribution in [0.3, 0.4) is 0 Å². The lowest BCUT2D eigenvalue weighted by molar-refractivity contribution is 0.652. The van der Waals surface area contributed by atoms with Gasteiger partial charge in [-0.1, -0.05) is 29.5 Å². The molecule has 1 fully saturated rings. The van der Waals surface area contributed by atoms with Crippen molar-refractivity contribution in [3.05, 3.63) is 53.6 Å². The number of anilines is 2. The fraction of sp³-hybridized carbons (Fsp3) is 0.316. The zero-order chi connectivity index (χ0) is 15.8. The molecule has 2 aromatic carbocycles. The van der Waals surface area contributed by atoms with Crippen molar-refractivity contribution in [3.63, 3.8) is 0 Å². The van der Waals surface area contributed by atoms with E-state index >= 15 is 0 Å². The van der Waals surface area contributed by atoms with Crippen molar-refractivity contribution in [1.29, 1.82) is 0 Å². The highest BCUT2D eigenvalue weighted by Gasteiger charge is 2.20. The molecular weight excluding hydrogens is 302 g/mol. The summed E-state index contributed by atoms with van der Waals surface area (Å²) >= 11 is 1.81. The fourth-order valence-corrected chi connectivity index (χ4v) is 4.25. The molecule has 1 saturated heterocycles. The lowest BCUT2D eigenvalue weighted by Crippen LogP contribution is -2.46. The highest BCUT2D eigenvalue weighted by Crippen LogP contribution is 2.30. The average molecular weight is 323 g/mol. The van der Waals surface area contributed by atoms with E-state index in [0.717, 1.165) is 36.8 Å². The van der Waals surface area contributed by atoms with E-state index in [1.165, 1.54) is 21.5 Å². The summed E-state index contributed by atoms with van der Waals surface area (Å²) in [6, 6.07) is 15.3. The molecule has 4 rings (SSSR count). The van der Waals surface area contributed by atoms with Crippen LogP contribution in [0.15, 0.2) is 42.5 Å². The summed E-state index contributed by atoms with van der Waals surface area (Å²) in [5.74, 6) is 0. The Morgan fingerprint density at radius 3 is 2.39 bits per heavy atom. The average Bonchev–Trinajstić information content (AvgIpc) is 2.98. The Balaban J connectivity index is 1.50. The second-order valence-corrected chi connectivity index (χ2v) is 7.29. The summed E-state index contributed by atoms with van der Waals surface area (Å²) in [5, 5.41) is 1.16. The standard InChI is InChI=1S/C19H21N3S/c1-14-4-3-5-16(12-14)21-8-10-22(11-9-21)19-20-17-7-6-15(2)13-18(17)23-19/h3-7,12-13H,8-11H2,1-2H3. The maximum absolute atomic E-state index is 4.82. The molecule has 1 aliphatic heterocycles. The zero-order valence-corrected chi connectivity index (χ0v) is 14.4. The number of aromatic nitrogens is 1. The van der Waals surface area contributed by atoms with Gasteiger partial charge in [0, 0.05) is 31.9 Å². The number of benzene rings is 2. The summed E-state index contributed by atoms with van der Waals surface area (Å²) in [5.41, 5.74) is 5.09. The molecule has 1 aromatic heterocycles. The van der Waals surface area contributed by atoms with Crippen molar-refractivity contribution in [1.82, 2.24) is 4.98 Å². The van der Waals surface area contributed by atoms with Crippen LogP contribution in [0.2, 0.25) is 0 Å². The van der Waals surface area contributed by atoms with Crippen molar-refractivity contribution in [2.24, 2.45) is 0 Å². The van der Waals surface area contributed by atoms with Crippen LogP contribution in [0.5, 0.6) is 0 Å². The first kappa shape index (κ1) is 14.5. The molecule has 0 unspecified atom stereocenters. The molecule has 23 heavy (non-hydrogen) atoms. The molecule has 1 aliphatic rings. The van der Waals surface area contributed by atoms with Gasteiger partial charge in [-0.15, -0.1) is 0 Å². The van der Waals surface area contributed by atoms with Crippen molar-refractivity contribution < 1.29 is 0 Å². The maximum Gasteiger partial charge on any atom is 0.186 e. The first-order chi connectivity index (χ1) is 11.2. The fourth-order valence-electron chi connectivity index (χ4n) is 3.14. The summed E-state index contributed by atoms with van der Waals surface area (Å²) < 4.78 is 1.29. The summed E-state index contributed by atoms with van der Waals surface area (Å²) in [6.45, 7) is 8.47. The van der Waals surface area contributed by atoms with E-state index in [1.807, 2.05) is 11.3 Å². The Morgan fingerprint density at radius 2 is 1.61 bits per heavy atom. The topological polar surface area (TPSA) is 19.4 Å². The largest absolute Gasteiger partial charge is 0.368 e. The molecule has 118 valence electrons. The number of aryl methyl sites for hydroxylation is 2. The number of rotatable bonds is 2. The molecular formula is C19H21N3S. The molecule has 0 amide bonds. The number of piperazine rings is 1. The molecule has 0 bridgehead atoms. The first-order valence-electron chi connectivity index (χ1n) is 8.13.